The first kappa shape index (κ1) is 26.5. The molecular formula is C25H19Cl2NO8. The predicted molar refractivity (Wildman–Crippen MR) is 131 cm³/mol. The van der Waals surface area contributed by atoms with Gasteiger partial charge in [-0.05, 0) is 60.7 Å². The second-order valence-electron chi connectivity index (χ2n) is 7.23. The molecule has 11 heteroatoms. The fraction of sp³-hybridized carbons (Fsp3) is 0.120. The van der Waals surface area contributed by atoms with Crippen LogP contribution in [0, 0.1) is 0 Å². The van der Waals surface area contributed by atoms with E-state index in [4.69, 9.17) is 37.4 Å². The third kappa shape index (κ3) is 6.97. The minimum Gasteiger partial charge on any atom is -0.497 e. The number of benzene rings is 3. The van der Waals surface area contributed by atoms with Gasteiger partial charge in [-0.3, -0.25) is 4.79 Å². The summed E-state index contributed by atoms with van der Waals surface area (Å²) in [7, 11) is 1.42. The molecule has 0 saturated carbocycles. The molecule has 0 fully saturated rings. The predicted octanol–water partition coefficient (Wildman–Crippen LogP) is 4.48. The summed E-state index contributed by atoms with van der Waals surface area (Å²) in [5.74, 6) is -4.47. The number of carboxylic acid groups (broad SMARTS) is 1. The lowest BCUT2D eigenvalue weighted by Crippen LogP contribution is -2.48. The number of halogens is 2. The molecule has 9 nitrogen and oxygen atoms in total. The van der Waals surface area contributed by atoms with E-state index in [9.17, 15) is 24.3 Å². The molecule has 0 spiro atoms. The lowest BCUT2D eigenvalue weighted by atomic mass is 10.1. The van der Waals surface area contributed by atoms with E-state index >= 15 is 0 Å². The third-order valence-corrected chi connectivity index (χ3v) is 5.25. The number of carbonyl (C=O) groups excluding carboxylic acids is 3. The van der Waals surface area contributed by atoms with Crippen molar-refractivity contribution in [1.82, 2.24) is 0 Å². The van der Waals surface area contributed by atoms with Crippen molar-refractivity contribution in [3.8, 4) is 5.75 Å². The Morgan fingerprint density at radius 3 is 1.75 bits per heavy atom. The molecule has 2 N–H and O–H groups in total. The average molecular weight is 532 g/mol. The van der Waals surface area contributed by atoms with Crippen LogP contribution in [0.15, 0.2) is 72.8 Å². The van der Waals surface area contributed by atoms with Gasteiger partial charge in [0.05, 0.1) is 18.2 Å². The maximum atomic E-state index is 13.1. The van der Waals surface area contributed by atoms with E-state index in [2.05, 4.69) is 5.32 Å². The molecule has 0 radical (unpaired) electrons. The van der Waals surface area contributed by atoms with Crippen LogP contribution in [0.3, 0.4) is 0 Å². The molecular weight excluding hydrogens is 513 g/mol. The summed E-state index contributed by atoms with van der Waals surface area (Å²) in [4.78, 5) is 50.5. The van der Waals surface area contributed by atoms with Gasteiger partial charge in [0, 0.05) is 21.8 Å². The highest BCUT2D eigenvalue weighted by Gasteiger charge is 2.41. The Kier molecular flexibility index (Phi) is 8.88. The summed E-state index contributed by atoms with van der Waals surface area (Å²) < 4.78 is 15.4. The second kappa shape index (κ2) is 12.1. The van der Waals surface area contributed by atoms with Gasteiger partial charge < -0.3 is 24.6 Å². The van der Waals surface area contributed by atoms with Gasteiger partial charge in [-0.15, -0.1) is 0 Å². The van der Waals surface area contributed by atoms with Crippen molar-refractivity contribution in [2.24, 2.45) is 0 Å². The minimum atomic E-state index is -2.19. The van der Waals surface area contributed by atoms with Gasteiger partial charge in [-0.2, -0.15) is 0 Å². The molecule has 3 aromatic carbocycles. The summed E-state index contributed by atoms with van der Waals surface area (Å²) in [5, 5.41) is 12.9. The van der Waals surface area contributed by atoms with Gasteiger partial charge in [0.15, 0.2) is 0 Å². The smallest absolute Gasteiger partial charge is 0.349 e. The molecule has 0 aliphatic heterocycles. The van der Waals surface area contributed by atoms with Gasteiger partial charge in [-0.1, -0.05) is 29.3 Å². The zero-order valence-electron chi connectivity index (χ0n) is 18.6. The van der Waals surface area contributed by atoms with Crippen LogP contribution in [0.5, 0.6) is 5.75 Å². The van der Waals surface area contributed by atoms with Gasteiger partial charge in [0.25, 0.3) is 5.91 Å². The molecule has 3 rings (SSSR count). The Labute approximate surface area is 215 Å². The minimum absolute atomic E-state index is 0.00764. The van der Waals surface area contributed by atoms with Crippen LogP contribution >= 0.6 is 23.2 Å². The molecule has 186 valence electrons. The molecule has 0 unspecified atom stereocenters. The monoisotopic (exact) mass is 531 g/mol. The number of carbonyl (C=O) groups is 4. The Hall–Kier alpha value is -4.08. The number of methoxy groups -OCH3 is 1. The Morgan fingerprint density at radius 2 is 1.28 bits per heavy atom. The maximum Gasteiger partial charge on any atom is 0.349 e. The van der Waals surface area contributed by atoms with Crippen LogP contribution < -0.4 is 10.1 Å². The quantitative estimate of drug-likeness (QED) is 0.387. The summed E-state index contributed by atoms with van der Waals surface area (Å²) in [5.41, 5.74) is 0.188. The molecule has 0 aliphatic rings. The summed E-state index contributed by atoms with van der Waals surface area (Å²) in [6.45, 7) is 0. The van der Waals surface area contributed by atoms with E-state index in [1.165, 1.54) is 67.8 Å². The van der Waals surface area contributed by atoms with E-state index in [1.807, 2.05) is 0 Å². The molecule has 0 heterocycles. The van der Waals surface area contributed by atoms with Crippen LogP contribution in [0.2, 0.25) is 10.0 Å². The normalized spacial score (nSPS) is 12.1. The number of hydrogen-bond acceptors (Lipinski definition) is 7. The number of aliphatic carboxylic acids is 1. The van der Waals surface area contributed by atoms with Crippen LogP contribution in [-0.4, -0.2) is 48.2 Å². The number of anilines is 1. The third-order valence-electron chi connectivity index (χ3n) is 4.74. The number of nitrogens with one attached hydrogen (secondary N) is 1. The fourth-order valence-electron chi connectivity index (χ4n) is 2.95. The molecule has 3 aromatic rings. The summed E-state index contributed by atoms with van der Waals surface area (Å²) in [6, 6.07) is 17.1. The van der Waals surface area contributed by atoms with Crippen molar-refractivity contribution < 1.29 is 38.5 Å². The van der Waals surface area contributed by atoms with Gasteiger partial charge in [-0.25, -0.2) is 14.4 Å². The Balaban J connectivity index is 1.91. The van der Waals surface area contributed by atoms with Crippen LogP contribution in [0.4, 0.5) is 5.69 Å². The lowest BCUT2D eigenvalue weighted by Gasteiger charge is -2.23. The zero-order valence-corrected chi connectivity index (χ0v) is 20.2. The van der Waals surface area contributed by atoms with Crippen molar-refractivity contribution in [2.75, 3.05) is 12.4 Å². The fourth-order valence-corrected chi connectivity index (χ4v) is 3.20. The average Bonchev–Trinajstić information content (AvgIpc) is 2.86. The highest BCUT2D eigenvalue weighted by molar-refractivity contribution is 6.31. The van der Waals surface area contributed by atoms with Gasteiger partial charge in [0.1, 0.15) is 5.75 Å². The lowest BCUT2D eigenvalue weighted by molar-refractivity contribution is -0.157. The molecule has 0 bridgehead atoms. The van der Waals surface area contributed by atoms with E-state index < -0.39 is 36.0 Å². The first-order valence-corrected chi connectivity index (χ1v) is 11.0. The largest absolute Gasteiger partial charge is 0.497 e. The van der Waals surface area contributed by atoms with Crippen molar-refractivity contribution in [2.45, 2.75) is 12.2 Å². The number of amides is 1. The van der Waals surface area contributed by atoms with Crippen molar-refractivity contribution in [1.29, 1.82) is 0 Å². The SMILES string of the molecule is COc1cccc(NC(=O)[C@@H](OC(=O)c2ccc(Cl)cc2)[C@@H](OC(=O)c2ccc(Cl)cc2)C(=O)O)c1. The number of carboxylic acids is 1. The number of rotatable bonds is 9. The van der Waals surface area contributed by atoms with Crippen LogP contribution in [0.1, 0.15) is 20.7 Å². The molecule has 1 amide bonds. The molecule has 36 heavy (non-hydrogen) atoms. The first-order valence-electron chi connectivity index (χ1n) is 10.3. The van der Waals surface area contributed by atoms with Gasteiger partial charge >= 0.3 is 17.9 Å². The zero-order chi connectivity index (χ0) is 26.2. The molecule has 0 aliphatic carbocycles. The Morgan fingerprint density at radius 1 is 0.778 bits per heavy atom. The van der Waals surface area contributed by atoms with Crippen LogP contribution in [0.25, 0.3) is 0 Å². The maximum absolute atomic E-state index is 13.1. The number of esters is 2. The van der Waals surface area contributed by atoms with E-state index in [0.29, 0.717) is 15.8 Å². The highest BCUT2D eigenvalue weighted by atomic mass is 35.5. The Bertz CT molecular complexity index is 1260. The van der Waals surface area contributed by atoms with Crippen molar-refractivity contribution in [3.05, 3.63) is 94.0 Å². The number of hydrogen-bond donors (Lipinski definition) is 2. The van der Waals surface area contributed by atoms with E-state index in [-0.39, 0.29) is 16.8 Å². The molecule has 0 aromatic heterocycles. The molecule has 2 atom stereocenters. The van der Waals surface area contributed by atoms with E-state index in [1.54, 1.807) is 12.1 Å². The van der Waals surface area contributed by atoms with Gasteiger partial charge in [0.2, 0.25) is 12.2 Å². The topological polar surface area (TPSA) is 128 Å². The second-order valence-corrected chi connectivity index (χ2v) is 8.10. The molecule has 0 saturated heterocycles. The van der Waals surface area contributed by atoms with Crippen LogP contribution in [-0.2, 0) is 19.1 Å². The summed E-state index contributed by atoms with van der Waals surface area (Å²) in [6.07, 6.45) is -4.25. The standard InChI is InChI=1S/C25H19Cl2NO8/c1-34-19-4-2-3-18(13-19)28-22(29)20(35-24(32)14-5-9-16(26)10-6-14)21(23(30)31)36-25(33)15-7-11-17(27)12-8-15/h2-13,20-21H,1H3,(H,28,29)(H,30,31)/t20-,21+/m0/s1. The summed E-state index contributed by atoms with van der Waals surface area (Å²) >= 11 is 11.6. The highest BCUT2D eigenvalue weighted by Crippen LogP contribution is 2.20. The van der Waals surface area contributed by atoms with Crippen molar-refractivity contribution in [3.63, 3.8) is 0 Å². The number of ether oxygens (including phenoxy) is 3. The first-order chi connectivity index (χ1) is 17.2. The van der Waals surface area contributed by atoms with Crippen molar-refractivity contribution >= 4 is 52.7 Å². The van der Waals surface area contributed by atoms with E-state index in [0.717, 1.165) is 0 Å².